The normalized spacial score (nSPS) is 16.5. The van der Waals surface area contributed by atoms with Gasteiger partial charge in [0.15, 0.2) is 0 Å². The zero-order valence-corrected chi connectivity index (χ0v) is 18.0. The van der Waals surface area contributed by atoms with Gasteiger partial charge in [0.05, 0.1) is 18.1 Å². The second-order valence-corrected chi connectivity index (χ2v) is 8.35. The lowest BCUT2D eigenvalue weighted by molar-refractivity contribution is -0.127. The van der Waals surface area contributed by atoms with Crippen LogP contribution in [0.1, 0.15) is 49.1 Å². The average Bonchev–Trinajstić information content (AvgIpc) is 2.83. The molecule has 3 heteroatoms. The van der Waals surface area contributed by atoms with E-state index in [0.717, 1.165) is 34.7 Å². The van der Waals surface area contributed by atoms with Gasteiger partial charge in [-0.2, -0.15) is 0 Å². The molecule has 0 aliphatic heterocycles. The van der Waals surface area contributed by atoms with E-state index in [0.29, 0.717) is 6.54 Å². The van der Waals surface area contributed by atoms with E-state index >= 15 is 0 Å². The van der Waals surface area contributed by atoms with Gasteiger partial charge in [-0.3, -0.25) is 4.79 Å². The standard InChI is InChI=1S/C28H31NO2/c1-2-26(31-23-16-7-4-8-17-23)27(28(30)29-20-21-12-5-3-6-13-21)25-19-11-15-22-14-9-10-18-24(22)25/h2-3,5-6,9-15,18-19,23,26-27H,1,4,7-8,16-17,20H2,(H,29,30)/t26-,27-/m1/s1. The van der Waals surface area contributed by atoms with Gasteiger partial charge in [-0.25, -0.2) is 0 Å². The Labute approximate surface area is 185 Å². The first kappa shape index (κ1) is 21.3. The number of benzene rings is 3. The van der Waals surface area contributed by atoms with E-state index in [2.05, 4.69) is 36.2 Å². The summed E-state index contributed by atoms with van der Waals surface area (Å²) >= 11 is 0. The second-order valence-electron chi connectivity index (χ2n) is 8.35. The van der Waals surface area contributed by atoms with Crippen molar-refractivity contribution in [2.24, 2.45) is 0 Å². The summed E-state index contributed by atoms with van der Waals surface area (Å²) in [7, 11) is 0. The summed E-state index contributed by atoms with van der Waals surface area (Å²) < 4.78 is 6.50. The van der Waals surface area contributed by atoms with Crippen molar-refractivity contribution in [1.29, 1.82) is 0 Å². The molecule has 160 valence electrons. The van der Waals surface area contributed by atoms with E-state index in [1.165, 1.54) is 19.3 Å². The van der Waals surface area contributed by atoms with E-state index in [1.807, 2.05) is 54.6 Å². The molecule has 4 rings (SSSR count). The molecule has 3 nitrogen and oxygen atoms in total. The van der Waals surface area contributed by atoms with Crippen LogP contribution in [-0.2, 0) is 16.1 Å². The van der Waals surface area contributed by atoms with E-state index in [1.54, 1.807) is 0 Å². The first-order chi connectivity index (χ1) is 15.3. The molecular weight excluding hydrogens is 382 g/mol. The van der Waals surface area contributed by atoms with Gasteiger partial charge in [-0.15, -0.1) is 6.58 Å². The number of rotatable bonds is 8. The average molecular weight is 414 g/mol. The van der Waals surface area contributed by atoms with Gasteiger partial charge in [0.1, 0.15) is 0 Å². The topological polar surface area (TPSA) is 38.3 Å². The summed E-state index contributed by atoms with van der Waals surface area (Å²) in [6.07, 6.45) is 7.38. The predicted octanol–water partition coefficient (Wildman–Crippen LogP) is 6.14. The Kier molecular flexibility index (Phi) is 7.16. The van der Waals surface area contributed by atoms with Crippen LogP contribution in [0.15, 0.2) is 85.5 Å². The molecule has 2 atom stereocenters. The monoisotopic (exact) mass is 413 g/mol. The number of amides is 1. The van der Waals surface area contributed by atoms with Crippen molar-refractivity contribution >= 4 is 16.7 Å². The van der Waals surface area contributed by atoms with Gasteiger partial charge < -0.3 is 10.1 Å². The Balaban J connectivity index is 1.65. The Morgan fingerprint density at radius 3 is 2.45 bits per heavy atom. The molecule has 1 saturated carbocycles. The van der Waals surface area contributed by atoms with Crippen LogP contribution in [0.4, 0.5) is 0 Å². The third-order valence-corrected chi connectivity index (χ3v) is 6.21. The molecule has 1 amide bonds. The van der Waals surface area contributed by atoms with Crippen LogP contribution in [-0.4, -0.2) is 18.1 Å². The molecule has 0 radical (unpaired) electrons. The molecule has 3 aromatic rings. The van der Waals surface area contributed by atoms with Crippen molar-refractivity contribution in [3.8, 4) is 0 Å². The third kappa shape index (κ3) is 5.23. The molecule has 0 bridgehead atoms. The van der Waals surface area contributed by atoms with Gasteiger partial charge in [-0.1, -0.05) is 98.1 Å². The highest BCUT2D eigenvalue weighted by molar-refractivity contribution is 5.93. The Morgan fingerprint density at radius 2 is 1.68 bits per heavy atom. The summed E-state index contributed by atoms with van der Waals surface area (Å²) in [5.41, 5.74) is 2.07. The Morgan fingerprint density at radius 1 is 0.968 bits per heavy atom. The highest BCUT2D eigenvalue weighted by Crippen LogP contribution is 2.32. The van der Waals surface area contributed by atoms with Crippen LogP contribution in [0.3, 0.4) is 0 Å². The molecule has 3 aromatic carbocycles. The number of nitrogens with one attached hydrogen (secondary N) is 1. The lowest BCUT2D eigenvalue weighted by atomic mass is 9.87. The second kappa shape index (κ2) is 10.4. The largest absolute Gasteiger partial charge is 0.370 e. The maximum absolute atomic E-state index is 13.6. The Hall–Kier alpha value is -2.91. The minimum absolute atomic E-state index is 0.0269. The van der Waals surface area contributed by atoms with Gasteiger partial charge >= 0.3 is 0 Å². The zero-order chi connectivity index (χ0) is 21.5. The summed E-state index contributed by atoms with van der Waals surface area (Å²) in [4.78, 5) is 13.6. The van der Waals surface area contributed by atoms with E-state index in [4.69, 9.17) is 4.74 Å². The minimum atomic E-state index is -0.450. The van der Waals surface area contributed by atoms with Crippen molar-refractivity contribution in [3.05, 3.63) is 96.6 Å². The van der Waals surface area contributed by atoms with Crippen molar-refractivity contribution in [3.63, 3.8) is 0 Å². The van der Waals surface area contributed by atoms with Crippen LogP contribution in [0.5, 0.6) is 0 Å². The fourth-order valence-corrected chi connectivity index (χ4v) is 4.58. The van der Waals surface area contributed by atoms with Crippen LogP contribution in [0.2, 0.25) is 0 Å². The number of carbonyl (C=O) groups excluding carboxylic acids is 1. The summed E-state index contributed by atoms with van der Waals surface area (Å²) in [6, 6.07) is 24.4. The van der Waals surface area contributed by atoms with E-state index < -0.39 is 5.92 Å². The summed E-state index contributed by atoms with van der Waals surface area (Å²) in [6.45, 7) is 4.54. The molecule has 0 unspecified atom stereocenters. The summed E-state index contributed by atoms with van der Waals surface area (Å²) in [5.74, 6) is -0.477. The number of hydrogen-bond donors (Lipinski definition) is 1. The molecule has 1 fully saturated rings. The minimum Gasteiger partial charge on any atom is -0.370 e. The first-order valence-corrected chi connectivity index (χ1v) is 11.3. The molecule has 31 heavy (non-hydrogen) atoms. The van der Waals surface area contributed by atoms with Crippen molar-refractivity contribution in [2.75, 3.05) is 0 Å². The predicted molar refractivity (Wildman–Crippen MR) is 127 cm³/mol. The number of carbonyl (C=O) groups is 1. The van der Waals surface area contributed by atoms with Gasteiger partial charge in [0, 0.05) is 6.54 Å². The third-order valence-electron chi connectivity index (χ3n) is 6.21. The smallest absolute Gasteiger partial charge is 0.230 e. The highest BCUT2D eigenvalue weighted by Gasteiger charge is 2.32. The van der Waals surface area contributed by atoms with Crippen LogP contribution >= 0.6 is 0 Å². The molecule has 1 N–H and O–H groups in total. The first-order valence-electron chi connectivity index (χ1n) is 11.3. The van der Waals surface area contributed by atoms with Crippen LogP contribution in [0.25, 0.3) is 10.8 Å². The molecule has 0 saturated heterocycles. The Bertz CT molecular complexity index is 1000. The molecule has 0 aromatic heterocycles. The lowest BCUT2D eigenvalue weighted by Crippen LogP contribution is -2.38. The number of hydrogen-bond acceptors (Lipinski definition) is 2. The van der Waals surface area contributed by atoms with Gasteiger partial charge in [0.25, 0.3) is 0 Å². The number of ether oxygens (including phenoxy) is 1. The fraction of sp³-hybridized carbons (Fsp3) is 0.321. The van der Waals surface area contributed by atoms with Crippen molar-refractivity contribution in [1.82, 2.24) is 5.32 Å². The fourth-order valence-electron chi connectivity index (χ4n) is 4.58. The number of fused-ring (bicyclic) bond motifs is 1. The van der Waals surface area contributed by atoms with Gasteiger partial charge in [-0.05, 0) is 34.7 Å². The maximum atomic E-state index is 13.6. The van der Waals surface area contributed by atoms with Crippen molar-refractivity contribution in [2.45, 2.75) is 56.8 Å². The van der Waals surface area contributed by atoms with Crippen LogP contribution < -0.4 is 5.32 Å². The highest BCUT2D eigenvalue weighted by atomic mass is 16.5. The van der Waals surface area contributed by atoms with Crippen LogP contribution in [0, 0.1) is 0 Å². The van der Waals surface area contributed by atoms with E-state index in [-0.39, 0.29) is 18.1 Å². The zero-order valence-electron chi connectivity index (χ0n) is 18.0. The molecule has 1 aliphatic carbocycles. The lowest BCUT2D eigenvalue weighted by Gasteiger charge is -2.31. The molecular formula is C28H31NO2. The molecule has 0 spiro atoms. The quantitative estimate of drug-likeness (QED) is 0.450. The van der Waals surface area contributed by atoms with Crippen molar-refractivity contribution < 1.29 is 9.53 Å². The molecule has 1 aliphatic rings. The SMILES string of the molecule is C=C[C@@H](OC1CCCCC1)[C@H](C(=O)NCc1ccccc1)c1cccc2ccccc12. The van der Waals surface area contributed by atoms with Gasteiger partial charge in [0.2, 0.25) is 5.91 Å². The van der Waals surface area contributed by atoms with E-state index in [9.17, 15) is 4.79 Å². The molecule has 0 heterocycles. The maximum Gasteiger partial charge on any atom is 0.230 e. The summed E-state index contributed by atoms with van der Waals surface area (Å²) in [5, 5.41) is 5.36.